The average Bonchev–Trinajstić information content (AvgIpc) is 3.02. The number of amides is 1. The fraction of sp³-hybridized carbons (Fsp3) is 0.500. The van der Waals surface area contributed by atoms with E-state index in [4.69, 9.17) is 0 Å². The van der Waals surface area contributed by atoms with Crippen LogP contribution < -0.4 is 5.32 Å². The summed E-state index contributed by atoms with van der Waals surface area (Å²) in [6, 6.07) is 8.08. The number of hydrogen-bond donors (Lipinski definition) is 1. The van der Waals surface area contributed by atoms with Crippen LogP contribution in [-0.4, -0.2) is 36.2 Å². The number of benzene rings is 1. The summed E-state index contributed by atoms with van der Waals surface area (Å²) in [4.78, 5) is 14.9. The van der Waals surface area contributed by atoms with Crippen LogP contribution in [0.5, 0.6) is 0 Å². The fourth-order valence-corrected chi connectivity index (χ4v) is 3.28. The van der Waals surface area contributed by atoms with Gasteiger partial charge in [-0.15, -0.1) is 11.8 Å². The molecule has 0 atom stereocenters. The van der Waals surface area contributed by atoms with E-state index in [1.54, 1.807) is 11.8 Å². The number of rotatable bonds is 6. The van der Waals surface area contributed by atoms with Gasteiger partial charge in [-0.1, -0.05) is 13.0 Å². The van der Waals surface area contributed by atoms with Gasteiger partial charge in [-0.3, -0.25) is 4.79 Å². The summed E-state index contributed by atoms with van der Waals surface area (Å²) in [5, 5.41) is 12.6. The second-order valence-corrected chi connectivity index (χ2v) is 6.29. The van der Waals surface area contributed by atoms with Crippen molar-refractivity contribution < 1.29 is 4.79 Å². The molecule has 1 fully saturated rings. The molecule has 1 saturated heterocycles. The van der Waals surface area contributed by atoms with Crippen LogP contribution in [0.4, 0.5) is 5.69 Å². The van der Waals surface area contributed by atoms with Crippen LogP contribution in [0.25, 0.3) is 0 Å². The van der Waals surface area contributed by atoms with Crippen molar-refractivity contribution in [3.8, 4) is 6.07 Å². The first-order valence-corrected chi connectivity index (χ1v) is 8.42. The number of carbonyl (C=O) groups excluding carboxylic acids is 1. The van der Waals surface area contributed by atoms with Crippen LogP contribution in [-0.2, 0) is 4.79 Å². The van der Waals surface area contributed by atoms with Crippen LogP contribution in [0, 0.1) is 11.3 Å². The molecule has 112 valence electrons. The Morgan fingerprint density at radius 1 is 1.43 bits per heavy atom. The van der Waals surface area contributed by atoms with Gasteiger partial charge in [0.05, 0.1) is 11.3 Å². The summed E-state index contributed by atoms with van der Waals surface area (Å²) in [5.41, 5.74) is 1.50. The van der Waals surface area contributed by atoms with Gasteiger partial charge in [-0.05, 0) is 30.7 Å². The van der Waals surface area contributed by atoms with Gasteiger partial charge in [0.25, 0.3) is 0 Å². The third-order valence-electron chi connectivity index (χ3n) is 3.55. The van der Waals surface area contributed by atoms with Gasteiger partial charge in [0, 0.05) is 31.0 Å². The molecule has 1 aliphatic rings. The van der Waals surface area contributed by atoms with E-state index in [2.05, 4.69) is 18.3 Å². The summed E-state index contributed by atoms with van der Waals surface area (Å²) in [5.74, 6) is 1.14. The lowest BCUT2D eigenvalue weighted by atomic mass is 10.2. The largest absolute Gasteiger partial charge is 0.383 e. The lowest BCUT2D eigenvalue weighted by molar-refractivity contribution is -0.129. The molecule has 1 heterocycles. The molecule has 0 unspecified atom stereocenters. The summed E-state index contributed by atoms with van der Waals surface area (Å²) >= 11 is 1.66. The molecule has 0 aliphatic carbocycles. The number of carbonyl (C=O) groups is 1. The second kappa shape index (κ2) is 7.94. The van der Waals surface area contributed by atoms with Gasteiger partial charge in [0.15, 0.2) is 0 Å². The highest BCUT2D eigenvalue weighted by atomic mass is 32.2. The summed E-state index contributed by atoms with van der Waals surface area (Å²) in [7, 11) is 0. The van der Waals surface area contributed by atoms with E-state index in [0.717, 1.165) is 42.3 Å². The Bertz CT molecular complexity index is 533. The Kier molecular flexibility index (Phi) is 5.94. The Morgan fingerprint density at radius 3 is 2.86 bits per heavy atom. The molecule has 1 amide bonds. The molecule has 0 radical (unpaired) electrons. The number of thioether (sulfide) groups is 1. The predicted molar refractivity (Wildman–Crippen MR) is 86.5 cm³/mol. The van der Waals surface area contributed by atoms with Gasteiger partial charge < -0.3 is 10.2 Å². The monoisotopic (exact) mass is 303 g/mol. The molecule has 0 bridgehead atoms. The van der Waals surface area contributed by atoms with Crippen LogP contribution in [0.3, 0.4) is 0 Å². The van der Waals surface area contributed by atoms with E-state index in [0.29, 0.717) is 18.5 Å². The van der Waals surface area contributed by atoms with Crippen molar-refractivity contribution in [3.05, 3.63) is 23.8 Å². The van der Waals surface area contributed by atoms with Gasteiger partial charge in [0.2, 0.25) is 5.91 Å². The van der Waals surface area contributed by atoms with E-state index in [-0.39, 0.29) is 5.91 Å². The lowest BCUT2D eigenvalue weighted by Crippen LogP contribution is -2.29. The highest BCUT2D eigenvalue weighted by molar-refractivity contribution is 7.99. The number of nitrogens with zero attached hydrogens (tertiary/aromatic N) is 2. The van der Waals surface area contributed by atoms with Crippen molar-refractivity contribution in [2.75, 3.05) is 30.7 Å². The van der Waals surface area contributed by atoms with Crippen molar-refractivity contribution in [1.82, 2.24) is 4.90 Å². The lowest BCUT2D eigenvalue weighted by Gasteiger charge is -2.16. The summed E-state index contributed by atoms with van der Waals surface area (Å²) < 4.78 is 0. The smallest absolute Gasteiger partial charge is 0.224 e. The first-order valence-electron chi connectivity index (χ1n) is 7.43. The molecule has 2 rings (SSSR count). The second-order valence-electron chi connectivity index (χ2n) is 4.99. The minimum Gasteiger partial charge on any atom is -0.383 e. The summed E-state index contributed by atoms with van der Waals surface area (Å²) in [6.45, 7) is 4.43. The minimum absolute atomic E-state index is 0.206. The van der Waals surface area contributed by atoms with Crippen molar-refractivity contribution in [1.29, 1.82) is 5.26 Å². The third-order valence-corrected chi connectivity index (χ3v) is 4.49. The minimum atomic E-state index is 0.206. The molecule has 0 aromatic heterocycles. The Hall–Kier alpha value is -1.67. The third kappa shape index (κ3) is 4.15. The average molecular weight is 303 g/mol. The van der Waals surface area contributed by atoms with Gasteiger partial charge in [-0.25, -0.2) is 0 Å². The van der Waals surface area contributed by atoms with Crippen LogP contribution in [0.15, 0.2) is 23.1 Å². The standard InChI is InChI=1S/C16H21N3OS/c1-2-21-15-7-5-6-14(13(15)12-17)18-9-8-16(20)19-10-3-4-11-19/h5-7,18H,2-4,8-11H2,1H3. The zero-order valence-corrected chi connectivity index (χ0v) is 13.2. The van der Waals surface area contributed by atoms with Crippen molar-refractivity contribution in [2.45, 2.75) is 31.1 Å². The van der Waals surface area contributed by atoms with Gasteiger partial charge in [0.1, 0.15) is 6.07 Å². The number of anilines is 1. The molecule has 1 N–H and O–H groups in total. The fourth-order valence-electron chi connectivity index (χ4n) is 2.50. The van der Waals surface area contributed by atoms with Crippen LogP contribution in [0.1, 0.15) is 31.7 Å². The zero-order valence-electron chi connectivity index (χ0n) is 12.4. The number of hydrogen-bond acceptors (Lipinski definition) is 4. The molecule has 1 aromatic rings. The quantitative estimate of drug-likeness (QED) is 0.821. The van der Waals surface area contributed by atoms with Gasteiger partial charge in [-0.2, -0.15) is 5.26 Å². The van der Waals surface area contributed by atoms with Crippen molar-refractivity contribution in [2.24, 2.45) is 0 Å². The SMILES string of the molecule is CCSc1cccc(NCCC(=O)N2CCCC2)c1C#N. The molecule has 1 aromatic carbocycles. The highest BCUT2D eigenvalue weighted by Gasteiger charge is 2.17. The van der Waals surface area contributed by atoms with E-state index < -0.39 is 0 Å². The summed E-state index contributed by atoms with van der Waals surface area (Å²) in [6.07, 6.45) is 2.72. The van der Waals surface area contributed by atoms with Gasteiger partial charge >= 0.3 is 0 Å². The van der Waals surface area contributed by atoms with E-state index in [1.807, 2.05) is 23.1 Å². The molecule has 21 heavy (non-hydrogen) atoms. The molecule has 0 spiro atoms. The number of nitriles is 1. The molecule has 5 heteroatoms. The zero-order chi connectivity index (χ0) is 15.1. The normalized spacial score (nSPS) is 14.0. The molecule has 4 nitrogen and oxygen atoms in total. The van der Waals surface area contributed by atoms with Crippen molar-refractivity contribution in [3.63, 3.8) is 0 Å². The highest BCUT2D eigenvalue weighted by Crippen LogP contribution is 2.27. The molecule has 0 saturated carbocycles. The molecular weight excluding hydrogens is 282 g/mol. The Balaban J connectivity index is 1.92. The number of nitrogens with one attached hydrogen (secondary N) is 1. The maximum atomic E-state index is 12.0. The van der Waals surface area contributed by atoms with Crippen LogP contribution >= 0.6 is 11.8 Å². The predicted octanol–water partition coefficient (Wildman–Crippen LogP) is 3.09. The topological polar surface area (TPSA) is 56.1 Å². The van der Waals surface area contributed by atoms with Crippen LogP contribution in [0.2, 0.25) is 0 Å². The van der Waals surface area contributed by atoms with E-state index in [9.17, 15) is 10.1 Å². The first-order chi connectivity index (χ1) is 10.3. The Morgan fingerprint density at radius 2 is 2.19 bits per heavy atom. The maximum Gasteiger partial charge on any atom is 0.224 e. The van der Waals surface area contributed by atoms with E-state index in [1.165, 1.54) is 0 Å². The molecule has 1 aliphatic heterocycles. The van der Waals surface area contributed by atoms with E-state index >= 15 is 0 Å². The van der Waals surface area contributed by atoms with Crippen molar-refractivity contribution >= 4 is 23.4 Å². The first kappa shape index (κ1) is 15.7. The number of likely N-dealkylation sites (tertiary alicyclic amines) is 1. The molecular formula is C16H21N3OS. The Labute approximate surface area is 130 Å². The maximum absolute atomic E-state index is 12.0.